The molecule has 0 radical (unpaired) electrons. The number of aromatic nitrogens is 2. The van der Waals surface area contributed by atoms with E-state index in [0.29, 0.717) is 18.6 Å². The molecule has 0 aliphatic carbocycles. The van der Waals surface area contributed by atoms with Crippen LogP contribution in [0, 0.1) is 5.92 Å². The van der Waals surface area contributed by atoms with Gasteiger partial charge in [-0.1, -0.05) is 13.8 Å². The summed E-state index contributed by atoms with van der Waals surface area (Å²) >= 11 is 1.51. The Hall–Kier alpha value is -2.56. The van der Waals surface area contributed by atoms with Gasteiger partial charge in [-0.05, 0) is 19.3 Å². The second-order valence-electron chi connectivity index (χ2n) is 8.21. The van der Waals surface area contributed by atoms with E-state index in [1.54, 1.807) is 0 Å². The molecular weight excluding hydrogens is 412 g/mol. The van der Waals surface area contributed by atoms with Crippen LogP contribution in [0.25, 0.3) is 0 Å². The van der Waals surface area contributed by atoms with Crippen molar-refractivity contribution in [3.63, 3.8) is 0 Å². The molecule has 0 spiro atoms. The van der Waals surface area contributed by atoms with Crippen LogP contribution in [-0.2, 0) is 27.9 Å². The van der Waals surface area contributed by atoms with Crippen LogP contribution in [-0.4, -0.2) is 55.0 Å². The first-order chi connectivity index (χ1) is 14.0. The van der Waals surface area contributed by atoms with E-state index >= 15 is 0 Å². The van der Waals surface area contributed by atoms with Gasteiger partial charge in [-0.15, -0.1) is 11.8 Å². The molecule has 11 heteroatoms. The molecule has 3 heterocycles. The fourth-order valence-electron chi connectivity index (χ4n) is 3.89. The largest absolute Gasteiger partial charge is 0.456 e. The molecule has 2 aliphatic rings. The standard InChI is InChI=1S/C19H26N4O6S/c1-10(2)7-22-15(20)14(16(26)21(4)18(22)28)12(24)8-29-17(27)11-9-30-19(3)6-5-13(25)23(11)19/h10-11H,5-9,20H2,1-4H3. The zero-order valence-electron chi connectivity index (χ0n) is 17.5. The highest BCUT2D eigenvalue weighted by molar-refractivity contribution is 8.01. The number of esters is 1. The van der Waals surface area contributed by atoms with Gasteiger partial charge in [-0.3, -0.25) is 23.5 Å². The molecule has 164 valence electrons. The van der Waals surface area contributed by atoms with Crippen LogP contribution in [0.5, 0.6) is 0 Å². The smallest absolute Gasteiger partial charge is 0.332 e. The number of amides is 1. The van der Waals surface area contributed by atoms with Gasteiger partial charge < -0.3 is 15.4 Å². The summed E-state index contributed by atoms with van der Waals surface area (Å²) in [7, 11) is 1.26. The predicted molar refractivity (Wildman–Crippen MR) is 111 cm³/mol. The maximum absolute atomic E-state index is 12.7. The van der Waals surface area contributed by atoms with Gasteiger partial charge in [0.2, 0.25) is 11.7 Å². The molecule has 2 N–H and O–H groups in total. The van der Waals surface area contributed by atoms with Crippen LogP contribution < -0.4 is 17.0 Å². The Morgan fingerprint density at radius 2 is 1.97 bits per heavy atom. The fraction of sp³-hybridized carbons (Fsp3) is 0.632. The summed E-state index contributed by atoms with van der Waals surface area (Å²) in [5, 5.41) is 0. The third-order valence-electron chi connectivity index (χ3n) is 5.47. The van der Waals surface area contributed by atoms with Crippen LogP contribution in [0.4, 0.5) is 5.82 Å². The molecule has 0 aromatic carbocycles. The molecule has 2 fully saturated rings. The molecular formula is C19H26N4O6S. The number of fused-ring (bicyclic) bond motifs is 1. The first kappa shape index (κ1) is 22.1. The Kier molecular flexibility index (Phi) is 5.85. The number of ketones is 1. The topological polar surface area (TPSA) is 134 Å². The van der Waals surface area contributed by atoms with Crippen molar-refractivity contribution in [1.29, 1.82) is 0 Å². The second-order valence-corrected chi connectivity index (χ2v) is 9.71. The highest BCUT2D eigenvalue weighted by atomic mass is 32.2. The van der Waals surface area contributed by atoms with Crippen LogP contribution in [0.3, 0.4) is 0 Å². The van der Waals surface area contributed by atoms with E-state index in [-0.39, 0.29) is 29.8 Å². The van der Waals surface area contributed by atoms with E-state index in [2.05, 4.69) is 0 Å². The van der Waals surface area contributed by atoms with Crippen LogP contribution in [0.2, 0.25) is 0 Å². The van der Waals surface area contributed by atoms with Gasteiger partial charge in [0.05, 0.1) is 4.87 Å². The molecule has 2 aliphatic heterocycles. The zero-order valence-corrected chi connectivity index (χ0v) is 18.3. The Morgan fingerprint density at radius 3 is 2.60 bits per heavy atom. The van der Waals surface area contributed by atoms with Crippen LogP contribution >= 0.6 is 11.8 Å². The van der Waals surface area contributed by atoms with Crippen LogP contribution in [0.15, 0.2) is 9.59 Å². The predicted octanol–water partition coefficient (Wildman–Crippen LogP) is -0.0349. The number of nitrogens with two attached hydrogens (primary N) is 1. The van der Waals surface area contributed by atoms with Gasteiger partial charge in [0.15, 0.2) is 6.61 Å². The van der Waals surface area contributed by atoms with E-state index in [1.807, 2.05) is 20.8 Å². The number of Topliss-reactive ketones (excluding diaryl/α,β-unsaturated/α-hetero) is 1. The van der Waals surface area contributed by atoms with E-state index < -0.39 is 40.5 Å². The number of nitrogen functional groups attached to an aromatic ring is 1. The Bertz CT molecular complexity index is 1030. The highest BCUT2D eigenvalue weighted by Crippen LogP contribution is 2.47. The lowest BCUT2D eigenvalue weighted by atomic mass is 10.1. The number of ether oxygens (including phenoxy) is 1. The van der Waals surface area contributed by atoms with Crippen molar-refractivity contribution in [2.24, 2.45) is 13.0 Å². The van der Waals surface area contributed by atoms with Crippen molar-refractivity contribution in [2.75, 3.05) is 18.1 Å². The lowest BCUT2D eigenvalue weighted by molar-refractivity contribution is -0.152. The molecule has 1 aromatic heterocycles. The molecule has 30 heavy (non-hydrogen) atoms. The minimum atomic E-state index is -0.836. The first-order valence-corrected chi connectivity index (χ1v) is 10.7. The Morgan fingerprint density at radius 1 is 1.30 bits per heavy atom. The molecule has 3 rings (SSSR count). The van der Waals surface area contributed by atoms with Crippen molar-refractivity contribution >= 4 is 35.2 Å². The summed E-state index contributed by atoms with van der Waals surface area (Å²) < 4.78 is 7.14. The Labute approximate surface area is 177 Å². The number of hydrogen-bond donors (Lipinski definition) is 1. The number of hydrogen-bond acceptors (Lipinski definition) is 8. The van der Waals surface area contributed by atoms with E-state index in [9.17, 15) is 24.0 Å². The van der Waals surface area contributed by atoms with Crippen molar-refractivity contribution in [2.45, 2.75) is 51.1 Å². The van der Waals surface area contributed by atoms with Gasteiger partial charge in [-0.25, -0.2) is 9.59 Å². The van der Waals surface area contributed by atoms with Gasteiger partial charge in [0.25, 0.3) is 5.56 Å². The van der Waals surface area contributed by atoms with Crippen LogP contribution in [0.1, 0.15) is 44.0 Å². The summed E-state index contributed by atoms with van der Waals surface area (Å²) in [6.45, 7) is 5.18. The molecule has 2 atom stereocenters. The average Bonchev–Trinajstić information content (AvgIpc) is 3.17. The van der Waals surface area contributed by atoms with Gasteiger partial charge in [0.1, 0.15) is 17.4 Å². The fourth-order valence-corrected chi connectivity index (χ4v) is 5.30. The van der Waals surface area contributed by atoms with E-state index in [1.165, 1.54) is 28.3 Å². The zero-order chi connectivity index (χ0) is 22.4. The van der Waals surface area contributed by atoms with Crippen molar-refractivity contribution in [1.82, 2.24) is 14.0 Å². The van der Waals surface area contributed by atoms with Crippen molar-refractivity contribution in [3.8, 4) is 0 Å². The quantitative estimate of drug-likeness (QED) is 0.483. The molecule has 0 saturated carbocycles. The molecule has 2 unspecified atom stereocenters. The van der Waals surface area contributed by atoms with E-state index in [4.69, 9.17) is 10.5 Å². The third kappa shape index (κ3) is 3.66. The number of nitrogens with zero attached hydrogens (tertiary/aromatic N) is 3. The number of carbonyl (C=O) groups excluding carboxylic acids is 3. The maximum atomic E-state index is 12.7. The van der Waals surface area contributed by atoms with Gasteiger partial charge in [0, 0.05) is 25.8 Å². The molecule has 2 saturated heterocycles. The van der Waals surface area contributed by atoms with Crippen molar-refractivity contribution in [3.05, 3.63) is 26.4 Å². The summed E-state index contributed by atoms with van der Waals surface area (Å²) in [5.41, 5.74) is 4.14. The number of carbonyl (C=O) groups is 3. The monoisotopic (exact) mass is 438 g/mol. The molecule has 1 amide bonds. The third-order valence-corrected chi connectivity index (χ3v) is 6.98. The van der Waals surface area contributed by atoms with E-state index in [0.717, 1.165) is 4.57 Å². The minimum Gasteiger partial charge on any atom is -0.456 e. The summed E-state index contributed by atoms with van der Waals surface area (Å²) in [5.74, 6) is -1.40. The number of anilines is 1. The molecule has 0 bridgehead atoms. The Balaban J connectivity index is 1.79. The van der Waals surface area contributed by atoms with Crippen molar-refractivity contribution < 1.29 is 19.1 Å². The lowest BCUT2D eigenvalue weighted by Gasteiger charge is -2.29. The average molecular weight is 439 g/mol. The number of rotatable bonds is 6. The molecule has 10 nitrogen and oxygen atoms in total. The van der Waals surface area contributed by atoms with Gasteiger partial charge >= 0.3 is 11.7 Å². The maximum Gasteiger partial charge on any atom is 0.332 e. The first-order valence-electron chi connectivity index (χ1n) is 9.73. The second kappa shape index (κ2) is 7.93. The minimum absolute atomic E-state index is 0.0513. The normalized spacial score (nSPS) is 23.2. The SMILES string of the molecule is CC(C)Cn1c(N)c(C(=O)COC(=O)C2CSC3(C)CCC(=O)N23)c(=O)n(C)c1=O. The summed E-state index contributed by atoms with van der Waals surface area (Å²) in [6, 6.07) is -0.766. The summed E-state index contributed by atoms with van der Waals surface area (Å²) in [4.78, 5) is 63.3. The number of thioether (sulfide) groups is 1. The molecule has 1 aromatic rings. The van der Waals surface area contributed by atoms with Gasteiger partial charge in [-0.2, -0.15) is 0 Å². The highest BCUT2D eigenvalue weighted by Gasteiger charge is 2.53. The lowest BCUT2D eigenvalue weighted by Crippen LogP contribution is -2.47. The summed E-state index contributed by atoms with van der Waals surface area (Å²) in [6.07, 6.45) is 1.03.